The van der Waals surface area contributed by atoms with Crippen molar-refractivity contribution >= 4 is 56.9 Å². The molecule has 2 N–H and O–H groups in total. The number of carbonyl (C=O) groups is 1. The van der Waals surface area contributed by atoms with Gasteiger partial charge in [-0.2, -0.15) is 5.10 Å². The highest BCUT2D eigenvalue weighted by Crippen LogP contribution is 2.41. The molecule has 4 heterocycles. The van der Waals surface area contributed by atoms with E-state index < -0.39 is 0 Å². The molecule has 1 atom stereocenters. The van der Waals surface area contributed by atoms with E-state index in [9.17, 15) is 4.79 Å². The Bertz CT molecular complexity index is 1400. The fourth-order valence-corrected chi connectivity index (χ4v) is 4.35. The van der Waals surface area contributed by atoms with Crippen LogP contribution >= 0.6 is 23.2 Å². The van der Waals surface area contributed by atoms with E-state index in [1.165, 1.54) is 0 Å². The van der Waals surface area contributed by atoms with Crippen LogP contribution < -0.4 is 10.5 Å². The number of fused-ring (bicyclic) bond motifs is 4. The number of rotatable bonds is 2. The molecule has 0 fully saturated rings. The molecule has 1 amide bonds. The number of aryl methyl sites for hydroxylation is 2. The maximum atomic E-state index is 13.5. The highest BCUT2D eigenvalue weighted by Gasteiger charge is 2.32. The van der Waals surface area contributed by atoms with Gasteiger partial charge < -0.3 is 15.4 Å². The number of hydrogen-bond donors (Lipinski definition) is 1. The van der Waals surface area contributed by atoms with Gasteiger partial charge in [-0.15, -0.1) is 0 Å². The molecule has 0 unspecified atom stereocenters. The van der Waals surface area contributed by atoms with Crippen molar-refractivity contribution in [2.24, 2.45) is 7.05 Å². The maximum Gasteiger partial charge on any atom is 0.256 e. The Hall–Kier alpha value is -3.10. The van der Waals surface area contributed by atoms with Crippen LogP contribution in [0.3, 0.4) is 0 Å². The molecule has 10 heteroatoms. The van der Waals surface area contributed by atoms with Crippen LogP contribution in [0.4, 0.5) is 5.82 Å². The molecule has 1 aromatic carbocycles. The normalized spacial score (nSPS) is 15.3. The third kappa shape index (κ3) is 2.97. The predicted molar refractivity (Wildman–Crippen MR) is 120 cm³/mol. The summed E-state index contributed by atoms with van der Waals surface area (Å²) in [7, 11) is 3.55. The summed E-state index contributed by atoms with van der Waals surface area (Å²) < 4.78 is 7.45. The largest absolute Gasteiger partial charge is 0.491 e. The van der Waals surface area contributed by atoms with Gasteiger partial charge >= 0.3 is 0 Å². The van der Waals surface area contributed by atoms with Crippen molar-refractivity contribution in [3.8, 4) is 5.75 Å². The minimum absolute atomic E-state index is 0.188. The number of benzene rings is 1. The van der Waals surface area contributed by atoms with Gasteiger partial charge in [-0.3, -0.25) is 9.48 Å². The van der Waals surface area contributed by atoms with Crippen molar-refractivity contribution in [2.75, 3.05) is 19.4 Å². The van der Waals surface area contributed by atoms with Gasteiger partial charge in [0.2, 0.25) is 0 Å². The van der Waals surface area contributed by atoms with E-state index in [1.807, 2.05) is 7.05 Å². The molecule has 3 aromatic heterocycles. The topological polar surface area (TPSA) is 99.2 Å². The lowest BCUT2D eigenvalue weighted by molar-refractivity contribution is 0.0707. The van der Waals surface area contributed by atoms with Crippen molar-refractivity contribution in [2.45, 2.75) is 13.0 Å². The molecule has 8 nitrogen and oxygen atoms in total. The van der Waals surface area contributed by atoms with Crippen LogP contribution in [0.5, 0.6) is 5.75 Å². The molecule has 0 radical (unpaired) electrons. The number of amides is 1. The Kier molecular flexibility index (Phi) is 4.46. The fourth-order valence-electron chi connectivity index (χ4n) is 4.03. The molecule has 0 bridgehead atoms. The minimum Gasteiger partial charge on any atom is -0.491 e. The second kappa shape index (κ2) is 6.96. The van der Waals surface area contributed by atoms with E-state index in [0.717, 1.165) is 16.5 Å². The number of nitrogens with zero attached hydrogens (tertiary/aromatic N) is 5. The summed E-state index contributed by atoms with van der Waals surface area (Å²) in [5.74, 6) is 0.796. The molecule has 1 aliphatic heterocycles. The van der Waals surface area contributed by atoms with Crippen molar-refractivity contribution in [3.63, 3.8) is 0 Å². The first-order chi connectivity index (χ1) is 14.8. The monoisotopic (exact) mass is 456 g/mol. The number of carbonyl (C=O) groups excluding carboxylic acids is 1. The SMILES string of the molecule is Cc1nc2nc(N)c3cnn(C)c3c2cc1C(=O)N(C)[C@@H]1COc2cc(Cl)c(Cl)cc21. The van der Waals surface area contributed by atoms with Gasteiger partial charge in [0.25, 0.3) is 5.91 Å². The van der Waals surface area contributed by atoms with Gasteiger partial charge in [-0.05, 0) is 19.1 Å². The van der Waals surface area contributed by atoms with Gasteiger partial charge in [-0.1, -0.05) is 23.2 Å². The highest BCUT2D eigenvalue weighted by molar-refractivity contribution is 6.42. The molecule has 0 aliphatic carbocycles. The van der Waals surface area contributed by atoms with Crippen LogP contribution in [-0.4, -0.2) is 44.2 Å². The van der Waals surface area contributed by atoms with Crippen molar-refractivity contribution in [1.29, 1.82) is 0 Å². The molecule has 1 aliphatic rings. The van der Waals surface area contributed by atoms with Gasteiger partial charge in [0.05, 0.1) is 44.4 Å². The fraction of sp³-hybridized carbons (Fsp3) is 0.238. The van der Waals surface area contributed by atoms with Crippen molar-refractivity contribution in [1.82, 2.24) is 24.6 Å². The lowest BCUT2D eigenvalue weighted by Gasteiger charge is -2.24. The molecule has 0 saturated carbocycles. The number of likely N-dealkylation sites (N-methyl/N-ethyl adjacent to an activating group) is 1. The van der Waals surface area contributed by atoms with Crippen LogP contribution in [0.1, 0.15) is 27.7 Å². The minimum atomic E-state index is -0.298. The lowest BCUT2D eigenvalue weighted by Crippen LogP contribution is -2.32. The first kappa shape index (κ1) is 19.8. The maximum absolute atomic E-state index is 13.5. The van der Waals surface area contributed by atoms with E-state index in [4.69, 9.17) is 33.7 Å². The number of ether oxygens (including phenoxy) is 1. The zero-order chi connectivity index (χ0) is 22.0. The van der Waals surface area contributed by atoms with E-state index in [-0.39, 0.29) is 11.9 Å². The molecular weight excluding hydrogens is 439 g/mol. The van der Waals surface area contributed by atoms with E-state index in [1.54, 1.807) is 47.9 Å². The molecular formula is C21H18Cl2N6O2. The van der Waals surface area contributed by atoms with Crippen LogP contribution in [0.15, 0.2) is 24.4 Å². The summed E-state index contributed by atoms with van der Waals surface area (Å²) >= 11 is 12.3. The number of pyridine rings is 2. The van der Waals surface area contributed by atoms with Gasteiger partial charge in [-0.25, -0.2) is 9.97 Å². The first-order valence-electron chi connectivity index (χ1n) is 9.53. The summed E-state index contributed by atoms with van der Waals surface area (Å²) in [6.07, 6.45) is 1.66. The number of hydrogen-bond acceptors (Lipinski definition) is 6. The van der Waals surface area contributed by atoms with Crippen LogP contribution in [0.2, 0.25) is 10.0 Å². The molecule has 0 saturated heterocycles. The number of aromatic nitrogens is 4. The Morgan fingerprint density at radius 3 is 2.74 bits per heavy atom. The second-order valence-corrected chi connectivity index (χ2v) is 8.38. The molecule has 158 valence electrons. The number of nitrogen functional groups attached to an aromatic ring is 1. The van der Waals surface area contributed by atoms with E-state index in [2.05, 4.69) is 15.1 Å². The Labute approximate surface area is 187 Å². The third-order valence-electron chi connectivity index (χ3n) is 5.72. The summed E-state index contributed by atoms with van der Waals surface area (Å²) in [5, 5.41) is 6.54. The number of anilines is 1. The predicted octanol–water partition coefficient (Wildman–Crippen LogP) is 3.92. The average molecular weight is 457 g/mol. The summed E-state index contributed by atoms with van der Waals surface area (Å²) in [6, 6.07) is 4.93. The highest BCUT2D eigenvalue weighted by atomic mass is 35.5. The summed E-state index contributed by atoms with van der Waals surface area (Å²) in [6.45, 7) is 2.10. The quantitative estimate of drug-likeness (QED) is 0.490. The molecule has 4 aromatic rings. The van der Waals surface area contributed by atoms with Crippen molar-refractivity contribution in [3.05, 3.63) is 51.3 Å². The molecule has 0 spiro atoms. The third-order valence-corrected chi connectivity index (χ3v) is 6.44. The number of halogens is 2. The zero-order valence-electron chi connectivity index (χ0n) is 17.0. The van der Waals surface area contributed by atoms with E-state index in [0.29, 0.717) is 50.5 Å². The first-order valence-corrected chi connectivity index (χ1v) is 10.3. The van der Waals surface area contributed by atoms with Gasteiger partial charge in [0.15, 0.2) is 5.65 Å². The second-order valence-electron chi connectivity index (χ2n) is 7.57. The average Bonchev–Trinajstić information content (AvgIpc) is 3.31. The number of nitrogens with two attached hydrogens (primary N) is 1. The van der Waals surface area contributed by atoms with Crippen molar-refractivity contribution < 1.29 is 9.53 Å². The molecule has 31 heavy (non-hydrogen) atoms. The Balaban J connectivity index is 1.60. The molecule has 5 rings (SSSR count). The summed E-state index contributed by atoms with van der Waals surface area (Å²) in [5.41, 5.74) is 9.17. The van der Waals surface area contributed by atoms with Gasteiger partial charge in [0.1, 0.15) is 18.2 Å². The standard InChI is InChI=1S/C21H18Cl2N6O2/c1-9-10(4-12-18-13(7-25-29(18)3)19(24)27-20(12)26-9)21(30)28(2)16-8-31-17-6-15(23)14(22)5-11(16)17/h4-7,16H,8H2,1-3H3,(H2,24,26,27)/t16-/m1/s1. The Morgan fingerprint density at radius 2 is 1.97 bits per heavy atom. The van der Waals surface area contributed by atoms with Crippen LogP contribution in [0.25, 0.3) is 21.9 Å². The van der Waals surface area contributed by atoms with Gasteiger partial charge in [0, 0.05) is 31.1 Å². The zero-order valence-corrected chi connectivity index (χ0v) is 18.5. The van der Waals surface area contributed by atoms with Crippen LogP contribution in [-0.2, 0) is 7.05 Å². The smallest absolute Gasteiger partial charge is 0.256 e. The Morgan fingerprint density at radius 1 is 1.23 bits per heavy atom. The van der Waals surface area contributed by atoms with E-state index >= 15 is 0 Å². The van der Waals surface area contributed by atoms with Crippen LogP contribution in [0, 0.1) is 6.92 Å². The lowest BCUT2D eigenvalue weighted by atomic mass is 10.0. The summed E-state index contributed by atoms with van der Waals surface area (Å²) in [4.78, 5) is 24.1.